The second-order valence-corrected chi connectivity index (χ2v) is 3.13. The summed E-state index contributed by atoms with van der Waals surface area (Å²) in [5, 5.41) is 8.39. The van der Waals surface area contributed by atoms with E-state index in [-0.39, 0.29) is 11.1 Å². The Balaban J connectivity index is 2.96. The molecule has 0 atom stereocenters. The Bertz CT molecular complexity index is 424. The zero-order chi connectivity index (χ0) is 12.3. The van der Waals surface area contributed by atoms with Crippen molar-refractivity contribution in [1.29, 1.82) is 0 Å². The van der Waals surface area contributed by atoms with Gasteiger partial charge in [0, 0.05) is 5.56 Å². The van der Waals surface area contributed by atoms with Crippen LogP contribution in [0.15, 0.2) is 24.3 Å². The van der Waals surface area contributed by atoms with E-state index in [0.717, 1.165) is 12.1 Å². The molecule has 0 fully saturated rings. The van der Waals surface area contributed by atoms with Gasteiger partial charge in [0.2, 0.25) is 0 Å². The van der Waals surface area contributed by atoms with Crippen LogP contribution in [0.2, 0.25) is 0 Å². The standard InChI is InChI=1S/C10H7F3O3/c11-10(12,13)5-6-2-1-3-7(4-6)8(14)9(15)16/h1-4H,5H2,(H,15,16). The lowest BCUT2D eigenvalue weighted by molar-refractivity contribution is -0.131. The monoisotopic (exact) mass is 232 g/mol. The van der Waals surface area contributed by atoms with Gasteiger partial charge in [-0.3, -0.25) is 4.79 Å². The summed E-state index contributed by atoms with van der Waals surface area (Å²) in [6.07, 6.45) is -5.57. The Morgan fingerprint density at radius 3 is 2.38 bits per heavy atom. The minimum atomic E-state index is -4.38. The van der Waals surface area contributed by atoms with E-state index < -0.39 is 24.3 Å². The van der Waals surface area contributed by atoms with Crippen molar-refractivity contribution in [2.24, 2.45) is 0 Å². The first kappa shape index (κ1) is 12.2. The van der Waals surface area contributed by atoms with Crippen molar-refractivity contribution >= 4 is 11.8 Å². The van der Waals surface area contributed by atoms with Gasteiger partial charge < -0.3 is 5.11 Å². The molecule has 0 aliphatic carbocycles. The van der Waals surface area contributed by atoms with Crippen LogP contribution in [0.5, 0.6) is 0 Å². The molecule has 86 valence electrons. The van der Waals surface area contributed by atoms with Gasteiger partial charge in [0.15, 0.2) is 0 Å². The van der Waals surface area contributed by atoms with E-state index in [2.05, 4.69) is 0 Å². The van der Waals surface area contributed by atoms with E-state index in [0.29, 0.717) is 0 Å². The van der Waals surface area contributed by atoms with Crippen LogP contribution in [0, 0.1) is 0 Å². The summed E-state index contributed by atoms with van der Waals surface area (Å²) in [5.41, 5.74) is -0.395. The fraction of sp³-hybridized carbons (Fsp3) is 0.200. The molecular weight excluding hydrogens is 225 g/mol. The van der Waals surface area contributed by atoms with Gasteiger partial charge in [-0.15, -0.1) is 0 Å². The van der Waals surface area contributed by atoms with E-state index in [1.165, 1.54) is 12.1 Å². The predicted molar refractivity (Wildman–Crippen MR) is 48.2 cm³/mol. The molecule has 1 N–H and O–H groups in total. The van der Waals surface area contributed by atoms with Crippen LogP contribution in [0.3, 0.4) is 0 Å². The highest BCUT2D eigenvalue weighted by molar-refractivity contribution is 6.39. The topological polar surface area (TPSA) is 54.4 Å². The van der Waals surface area contributed by atoms with E-state index in [9.17, 15) is 22.8 Å². The van der Waals surface area contributed by atoms with Gasteiger partial charge in [0.1, 0.15) is 0 Å². The zero-order valence-corrected chi connectivity index (χ0v) is 7.91. The number of halogens is 3. The van der Waals surface area contributed by atoms with Crippen LogP contribution in [0.4, 0.5) is 13.2 Å². The molecule has 3 nitrogen and oxygen atoms in total. The third kappa shape index (κ3) is 3.38. The van der Waals surface area contributed by atoms with Crippen LogP contribution < -0.4 is 0 Å². The molecule has 0 saturated carbocycles. The lowest BCUT2D eigenvalue weighted by Gasteiger charge is -2.06. The number of aliphatic carboxylic acids is 1. The van der Waals surface area contributed by atoms with Crippen molar-refractivity contribution in [2.75, 3.05) is 0 Å². The summed E-state index contributed by atoms with van der Waals surface area (Å²) in [6.45, 7) is 0. The maximum Gasteiger partial charge on any atom is 0.393 e. The summed E-state index contributed by atoms with van der Waals surface area (Å²) in [6, 6.07) is 4.50. The number of rotatable bonds is 3. The predicted octanol–water partition coefficient (Wildman–Crippen LogP) is 2.06. The first-order chi connectivity index (χ1) is 7.29. The third-order valence-corrected chi connectivity index (χ3v) is 1.79. The SMILES string of the molecule is O=C(O)C(=O)c1cccc(CC(F)(F)F)c1. The second kappa shape index (κ2) is 4.34. The minimum absolute atomic E-state index is 0.139. The minimum Gasteiger partial charge on any atom is -0.475 e. The normalized spacial score (nSPS) is 11.2. The van der Waals surface area contributed by atoms with Crippen molar-refractivity contribution in [3.63, 3.8) is 0 Å². The van der Waals surface area contributed by atoms with Gasteiger partial charge in [0.25, 0.3) is 5.78 Å². The van der Waals surface area contributed by atoms with Crippen molar-refractivity contribution < 1.29 is 27.9 Å². The number of carbonyl (C=O) groups excluding carboxylic acids is 1. The largest absolute Gasteiger partial charge is 0.475 e. The summed E-state index contributed by atoms with van der Waals surface area (Å²) in [4.78, 5) is 21.3. The molecule has 6 heteroatoms. The number of hydrogen-bond donors (Lipinski definition) is 1. The number of alkyl halides is 3. The van der Waals surface area contributed by atoms with Gasteiger partial charge in [-0.2, -0.15) is 13.2 Å². The number of benzene rings is 1. The summed E-state index contributed by atoms with van der Waals surface area (Å²) >= 11 is 0. The Hall–Kier alpha value is -1.85. The van der Waals surface area contributed by atoms with Gasteiger partial charge in [0.05, 0.1) is 6.42 Å². The smallest absolute Gasteiger partial charge is 0.393 e. The highest BCUT2D eigenvalue weighted by atomic mass is 19.4. The first-order valence-electron chi connectivity index (χ1n) is 4.23. The second-order valence-electron chi connectivity index (χ2n) is 3.13. The Kier molecular flexibility index (Phi) is 3.31. The van der Waals surface area contributed by atoms with E-state index >= 15 is 0 Å². The molecule has 0 spiro atoms. The van der Waals surface area contributed by atoms with E-state index in [1.54, 1.807) is 0 Å². The Morgan fingerprint density at radius 2 is 1.88 bits per heavy atom. The lowest BCUT2D eigenvalue weighted by atomic mass is 10.1. The number of carbonyl (C=O) groups is 2. The number of Topliss-reactive ketones (excluding diaryl/α,β-unsaturated/α-hetero) is 1. The van der Waals surface area contributed by atoms with Crippen molar-refractivity contribution in [3.8, 4) is 0 Å². The molecule has 0 aromatic heterocycles. The highest BCUT2D eigenvalue weighted by Crippen LogP contribution is 2.21. The van der Waals surface area contributed by atoms with E-state index in [1.807, 2.05) is 0 Å². The number of carboxylic acid groups (broad SMARTS) is 1. The molecular formula is C10H7F3O3. The maximum atomic E-state index is 12.0. The highest BCUT2D eigenvalue weighted by Gasteiger charge is 2.28. The summed E-state index contributed by atoms with van der Waals surface area (Å²) in [5.74, 6) is -2.91. The molecule has 0 unspecified atom stereocenters. The fourth-order valence-corrected chi connectivity index (χ4v) is 1.18. The van der Waals surface area contributed by atoms with Crippen LogP contribution in [-0.2, 0) is 11.2 Å². The van der Waals surface area contributed by atoms with Gasteiger partial charge in [-0.05, 0) is 11.6 Å². The average molecular weight is 232 g/mol. The fourth-order valence-electron chi connectivity index (χ4n) is 1.18. The molecule has 0 aliphatic heterocycles. The summed E-state index contributed by atoms with van der Waals surface area (Å²) in [7, 11) is 0. The van der Waals surface area contributed by atoms with Crippen LogP contribution in [0.1, 0.15) is 15.9 Å². The number of hydrogen-bond acceptors (Lipinski definition) is 2. The maximum absolute atomic E-state index is 12.0. The van der Waals surface area contributed by atoms with Crippen LogP contribution in [-0.4, -0.2) is 23.0 Å². The molecule has 0 bridgehead atoms. The van der Waals surface area contributed by atoms with Crippen molar-refractivity contribution in [2.45, 2.75) is 12.6 Å². The van der Waals surface area contributed by atoms with Crippen molar-refractivity contribution in [1.82, 2.24) is 0 Å². The Morgan fingerprint density at radius 1 is 1.25 bits per heavy atom. The molecule has 16 heavy (non-hydrogen) atoms. The van der Waals surface area contributed by atoms with Crippen molar-refractivity contribution in [3.05, 3.63) is 35.4 Å². The molecule has 1 aromatic carbocycles. The van der Waals surface area contributed by atoms with Gasteiger partial charge >= 0.3 is 12.1 Å². The third-order valence-electron chi connectivity index (χ3n) is 1.79. The zero-order valence-electron chi connectivity index (χ0n) is 7.91. The lowest BCUT2D eigenvalue weighted by Crippen LogP contribution is -2.15. The molecule has 0 radical (unpaired) electrons. The summed E-state index contributed by atoms with van der Waals surface area (Å²) < 4.78 is 36.1. The van der Waals surface area contributed by atoms with E-state index in [4.69, 9.17) is 5.11 Å². The molecule has 1 rings (SSSR count). The molecule has 0 saturated heterocycles. The van der Waals surface area contributed by atoms with Gasteiger partial charge in [-0.25, -0.2) is 4.79 Å². The number of carboxylic acids is 1. The van der Waals surface area contributed by atoms with Crippen LogP contribution >= 0.6 is 0 Å². The first-order valence-corrected chi connectivity index (χ1v) is 4.23. The quantitative estimate of drug-likeness (QED) is 0.641. The Labute approximate surface area is 88.5 Å². The number of ketones is 1. The molecule has 0 aliphatic rings. The average Bonchev–Trinajstić information content (AvgIpc) is 2.14. The van der Waals surface area contributed by atoms with Crippen LogP contribution in [0.25, 0.3) is 0 Å². The molecule has 0 heterocycles. The molecule has 0 amide bonds. The van der Waals surface area contributed by atoms with Gasteiger partial charge in [-0.1, -0.05) is 18.2 Å². The molecule has 1 aromatic rings.